The Labute approximate surface area is 71.9 Å². The average molecular weight is 177 g/mol. The van der Waals surface area contributed by atoms with Crippen LogP contribution in [0, 0.1) is 5.92 Å². The maximum atomic E-state index is 11.1. The first-order valence-corrected chi connectivity index (χ1v) is 4.60. The van der Waals surface area contributed by atoms with Crippen LogP contribution in [0.1, 0.15) is 25.7 Å². The first kappa shape index (κ1) is 8.85. The van der Waals surface area contributed by atoms with E-state index < -0.39 is 0 Å². The first-order valence-electron chi connectivity index (χ1n) is 4.07. The summed E-state index contributed by atoms with van der Waals surface area (Å²) in [6.45, 7) is 0.358. The maximum Gasteiger partial charge on any atom is 0.308 e. The van der Waals surface area contributed by atoms with Crippen molar-refractivity contribution in [3.8, 4) is 0 Å². The lowest BCUT2D eigenvalue weighted by Crippen LogP contribution is -2.15. The highest BCUT2D eigenvalue weighted by Crippen LogP contribution is 2.25. The number of carbonyl (C=O) groups excluding carboxylic acids is 1. The first-order chi connectivity index (χ1) is 5.34. The van der Waals surface area contributed by atoms with Crippen molar-refractivity contribution in [2.45, 2.75) is 25.7 Å². The molecule has 1 saturated carbocycles. The number of hydrogen-bond donors (Lipinski definition) is 0. The molecule has 11 heavy (non-hydrogen) atoms. The normalized spacial score (nSPS) is 18.6. The molecule has 0 aliphatic heterocycles. The summed E-state index contributed by atoms with van der Waals surface area (Å²) < 4.78 is 4.90. The lowest BCUT2D eigenvalue weighted by molar-refractivity contribution is -0.147. The van der Waals surface area contributed by atoms with Crippen molar-refractivity contribution >= 4 is 17.6 Å². The van der Waals surface area contributed by atoms with Gasteiger partial charge in [0.15, 0.2) is 0 Å². The van der Waals surface area contributed by atoms with Gasteiger partial charge in [0.2, 0.25) is 0 Å². The van der Waals surface area contributed by atoms with E-state index in [1.807, 2.05) is 0 Å². The summed E-state index contributed by atoms with van der Waals surface area (Å²) in [5.41, 5.74) is 0. The van der Waals surface area contributed by atoms with E-state index in [4.69, 9.17) is 16.3 Å². The summed E-state index contributed by atoms with van der Waals surface area (Å²) in [5, 5.41) is 0. The number of esters is 1. The fraction of sp³-hybridized carbons (Fsp3) is 0.875. The van der Waals surface area contributed by atoms with Crippen LogP contribution in [0.4, 0.5) is 0 Å². The van der Waals surface area contributed by atoms with E-state index in [0.29, 0.717) is 12.5 Å². The highest BCUT2D eigenvalue weighted by Gasteiger charge is 2.23. The molecule has 2 nitrogen and oxygen atoms in total. The molecule has 0 N–H and O–H groups in total. The third-order valence-electron chi connectivity index (χ3n) is 2.01. The minimum absolute atomic E-state index is 0.0526. The second kappa shape index (κ2) is 4.60. The molecule has 3 heteroatoms. The maximum absolute atomic E-state index is 11.1. The Balaban J connectivity index is 2.17. The molecule has 0 saturated heterocycles. The number of halogens is 1. The second-order valence-electron chi connectivity index (χ2n) is 2.84. The van der Waals surface area contributed by atoms with Gasteiger partial charge in [0.1, 0.15) is 6.61 Å². The lowest BCUT2D eigenvalue weighted by atomic mass is 10.1. The highest BCUT2D eigenvalue weighted by molar-refractivity contribution is 6.18. The fourth-order valence-electron chi connectivity index (χ4n) is 1.42. The van der Waals surface area contributed by atoms with Gasteiger partial charge < -0.3 is 4.74 Å². The molecule has 64 valence electrons. The zero-order valence-electron chi connectivity index (χ0n) is 6.51. The zero-order valence-corrected chi connectivity index (χ0v) is 7.27. The largest absolute Gasteiger partial charge is 0.464 e. The number of ether oxygens (including phenoxy) is 1. The summed E-state index contributed by atoms with van der Waals surface area (Å²) in [5.74, 6) is 0.514. The van der Waals surface area contributed by atoms with Gasteiger partial charge in [-0.15, -0.1) is 11.6 Å². The second-order valence-corrected chi connectivity index (χ2v) is 3.22. The highest BCUT2D eigenvalue weighted by atomic mass is 35.5. The number of carbonyl (C=O) groups is 1. The molecular formula is C8H13ClO2. The van der Waals surface area contributed by atoms with E-state index in [-0.39, 0.29) is 11.9 Å². The van der Waals surface area contributed by atoms with E-state index in [2.05, 4.69) is 0 Å². The van der Waals surface area contributed by atoms with Crippen molar-refractivity contribution in [1.82, 2.24) is 0 Å². The molecule has 0 heterocycles. The van der Waals surface area contributed by atoms with Crippen LogP contribution in [0.15, 0.2) is 0 Å². The molecule has 0 aromatic heterocycles. The standard InChI is InChI=1S/C8H13ClO2/c9-5-6-11-8(10)7-3-1-2-4-7/h7H,1-6H2. The number of hydrogen-bond acceptors (Lipinski definition) is 2. The smallest absolute Gasteiger partial charge is 0.308 e. The van der Waals surface area contributed by atoms with E-state index in [1.54, 1.807) is 0 Å². The van der Waals surface area contributed by atoms with E-state index in [9.17, 15) is 4.79 Å². The predicted molar refractivity (Wildman–Crippen MR) is 43.6 cm³/mol. The Morgan fingerprint density at radius 3 is 2.64 bits per heavy atom. The van der Waals surface area contributed by atoms with Gasteiger partial charge in [-0.3, -0.25) is 4.79 Å². The van der Waals surface area contributed by atoms with Crippen molar-refractivity contribution in [2.75, 3.05) is 12.5 Å². The van der Waals surface area contributed by atoms with E-state index in [1.165, 1.54) is 12.8 Å². The van der Waals surface area contributed by atoms with Crippen molar-refractivity contribution in [3.05, 3.63) is 0 Å². The Morgan fingerprint density at radius 2 is 2.09 bits per heavy atom. The van der Waals surface area contributed by atoms with Crippen LogP contribution < -0.4 is 0 Å². The van der Waals surface area contributed by atoms with Crippen LogP contribution in [-0.2, 0) is 9.53 Å². The van der Waals surface area contributed by atoms with Gasteiger partial charge in [-0.25, -0.2) is 0 Å². The molecule has 0 atom stereocenters. The van der Waals surface area contributed by atoms with Gasteiger partial charge in [-0.1, -0.05) is 12.8 Å². The van der Waals surface area contributed by atoms with Gasteiger partial charge in [0.25, 0.3) is 0 Å². The monoisotopic (exact) mass is 176 g/mol. The van der Waals surface area contributed by atoms with Crippen LogP contribution in [0.3, 0.4) is 0 Å². The minimum atomic E-state index is -0.0526. The third-order valence-corrected chi connectivity index (χ3v) is 2.16. The number of alkyl halides is 1. The molecule has 0 bridgehead atoms. The van der Waals surface area contributed by atoms with Gasteiger partial charge in [0.05, 0.1) is 11.8 Å². The summed E-state index contributed by atoms with van der Waals surface area (Å²) in [6.07, 6.45) is 4.34. The molecule has 0 unspecified atom stereocenters. The molecule has 0 aromatic carbocycles. The van der Waals surface area contributed by atoms with Crippen molar-refractivity contribution in [1.29, 1.82) is 0 Å². The molecule has 0 aromatic rings. The van der Waals surface area contributed by atoms with Gasteiger partial charge in [0, 0.05) is 0 Å². The minimum Gasteiger partial charge on any atom is -0.464 e. The Kier molecular flexibility index (Phi) is 3.70. The quantitative estimate of drug-likeness (QED) is 0.486. The van der Waals surface area contributed by atoms with Gasteiger partial charge in [-0.2, -0.15) is 0 Å². The molecule has 1 aliphatic carbocycles. The molecule has 0 amide bonds. The molecular weight excluding hydrogens is 164 g/mol. The Hall–Kier alpha value is -0.240. The summed E-state index contributed by atoms with van der Waals surface area (Å²) >= 11 is 5.38. The van der Waals surface area contributed by atoms with Crippen LogP contribution in [-0.4, -0.2) is 18.5 Å². The lowest BCUT2D eigenvalue weighted by Gasteiger charge is -2.07. The van der Waals surface area contributed by atoms with Crippen molar-refractivity contribution in [3.63, 3.8) is 0 Å². The molecule has 1 rings (SSSR count). The Bertz CT molecular complexity index is 130. The molecule has 0 spiro atoms. The van der Waals surface area contributed by atoms with Crippen LogP contribution in [0.25, 0.3) is 0 Å². The van der Waals surface area contributed by atoms with Crippen molar-refractivity contribution in [2.24, 2.45) is 5.92 Å². The molecule has 1 fully saturated rings. The van der Waals surface area contributed by atoms with Crippen LogP contribution in [0.5, 0.6) is 0 Å². The summed E-state index contributed by atoms with van der Waals surface area (Å²) in [6, 6.07) is 0. The molecule has 1 aliphatic rings. The average Bonchev–Trinajstić information content (AvgIpc) is 2.52. The topological polar surface area (TPSA) is 26.3 Å². The van der Waals surface area contributed by atoms with Crippen LogP contribution in [0.2, 0.25) is 0 Å². The van der Waals surface area contributed by atoms with E-state index >= 15 is 0 Å². The summed E-state index contributed by atoms with van der Waals surface area (Å²) in [4.78, 5) is 11.1. The Morgan fingerprint density at radius 1 is 1.45 bits per heavy atom. The number of rotatable bonds is 3. The summed E-state index contributed by atoms with van der Waals surface area (Å²) in [7, 11) is 0. The molecule has 0 radical (unpaired) electrons. The van der Waals surface area contributed by atoms with Crippen LogP contribution >= 0.6 is 11.6 Å². The SMILES string of the molecule is O=C(OCCCl)C1CCCC1. The van der Waals surface area contributed by atoms with Crippen molar-refractivity contribution < 1.29 is 9.53 Å². The van der Waals surface area contributed by atoms with Gasteiger partial charge in [-0.05, 0) is 12.8 Å². The third kappa shape index (κ3) is 2.70. The zero-order chi connectivity index (χ0) is 8.10. The fourth-order valence-corrected chi connectivity index (χ4v) is 1.50. The van der Waals surface area contributed by atoms with Gasteiger partial charge >= 0.3 is 5.97 Å². The predicted octanol–water partition coefficient (Wildman–Crippen LogP) is 1.96. The van der Waals surface area contributed by atoms with E-state index in [0.717, 1.165) is 12.8 Å².